The van der Waals surface area contributed by atoms with Gasteiger partial charge in [-0.15, -0.1) is 0 Å². The minimum absolute atomic E-state index is 0.416. The summed E-state index contributed by atoms with van der Waals surface area (Å²) in [7, 11) is 0. The number of aromatic nitrogens is 2. The highest BCUT2D eigenvalue weighted by molar-refractivity contribution is 5.77. The molecule has 0 aliphatic rings. The van der Waals surface area contributed by atoms with Gasteiger partial charge in [-0.05, 0) is 51.0 Å². The molecule has 0 bridgehead atoms. The second-order valence-electron chi connectivity index (χ2n) is 4.76. The van der Waals surface area contributed by atoms with E-state index in [1.165, 1.54) is 11.1 Å². The van der Waals surface area contributed by atoms with Crippen LogP contribution in [0.3, 0.4) is 0 Å². The first-order valence-corrected chi connectivity index (χ1v) is 5.14. The van der Waals surface area contributed by atoms with Crippen molar-refractivity contribution in [2.24, 2.45) is 5.73 Å². The lowest BCUT2D eigenvalue weighted by Crippen LogP contribution is -2.30. The number of hydrogen-bond acceptors (Lipinski definition) is 2. The third-order valence-corrected chi connectivity index (χ3v) is 2.71. The monoisotopic (exact) mass is 203 g/mol. The minimum atomic E-state index is -0.416. The van der Waals surface area contributed by atoms with Crippen LogP contribution in [0.15, 0.2) is 12.1 Å². The summed E-state index contributed by atoms with van der Waals surface area (Å²) < 4.78 is 0. The predicted octanol–water partition coefficient (Wildman–Crippen LogP) is 2.37. The molecule has 15 heavy (non-hydrogen) atoms. The number of hydrogen-bond donors (Lipinski definition) is 2. The Bertz CT molecular complexity index is 464. The number of aromatic amines is 1. The van der Waals surface area contributed by atoms with Crippen LogP contribution in [0.5, 0.6) is 0 Å². The topological polar surface area (TPSA) is 54.7 Å². The molecule has 0 atom stereocenters. The molecule has 0 spiro atoms. The fraction of sp³-hybridized carbons (Fsp3) is 0.417. The lowest BCUT2D eigenvalue weighted by molar-refractivity contribution is 0.522. The third-order valence-electron chi connectivity index (χ3n) is 2.71. The number of nitrogens with one attached hydrogen (secondary N) is 1. The summed E-state index contributed by atoms with van der Waals surface area (Å²) >= 11 is 0. The number of nitrogens with two attached hydrogens (primary N) is 1. The first-order valence-electron chi connectivity index (χ1n) is 5.14. The molecular weight excluding hydrogens is 186 g/mol. The Kier molecular flexibility index (Phi) is 2.08. The first-order chi connectivity index (χ1) is 6.88. The van der Waals surface area contributed by atoms with Crippen LogP contribution >= 0.6 is 0 Å². The molecule has 3 nitrogen and oxygen atoms in total. The van der Waals surface area contributed by atoms with Gasteiger partial charge >= 0.3 is 0 Å². The molecule has 2 aromatic rings. The Balaban J connectivity index is 2.66. The molecule has 3 heteroatoms. The lowest BCUT2D eigenvalue weighted by atomic mass is 10.1. The van der Waals surface area contributed by atoms with Gasteiger partial charge in [0.2, 0.25) is 0 Å². The number of imidazole rings is 1. The van der Waals surface area contributed by atoms with Crippen LogP contribution in [0.1, 0.15) is 30.8 Å². The van der Waals surface area contributed by atoms with Crippen molar-refractivity contribution in [3.63, 3.8) is 0 Å². The van der Waals surface area contributed by atoms with Crippen molar-refractivity contribution in [2.45, 2.75) is 33.2 Å². The van der Waals surface area contributed by atoms with E-state index in [1.54, 1.807) is 0 Å². The summed E-state index contributed by atoms with van der Waals surface area (Å²) in [5, 5.41) is 0. The van der Waals surface area contributed by atoms with E-state index in [4.69, 9.17) is 5.73 Å². The molecule has 2 rings (SSSR count). The molecule has 1 aromatic heterocycles. The zero-order chi connectivity index (χ0) is 11.2. The highest BCUT2D eigenvalue weighted by Gasteiger charge is 2.18. The van der Waals surface area contributed by atoms with Crippen LogP contribution in [0.4, 0.5) is 0 Å². The average molecular weight is 203 g/mol. The Morgan fingerprint density at radius 2 is 1.80 bits per heavy atom. The molecule has 0 unspecified atom stereocenters. The highest BCUT2D eigenvalue weighted by Crippen LogP contribution is 2.21. The van der Waals surface area contributed by atoms with Gasteiger partial charge in [0.1, 0.15) is 5.82 Å². The maximum absolute atomic E-state index is 6.00. The summed E-state index contributed by atoms with van der Waals surface area (Å²) in [6.45, 7) is 8.09. The fourth-order valence-electron chi connectivity index (χ4n) is 1.57. The molecule has 0 saturated carbocycles. The van der Waals surface area contributed by atoms with E-state index in [2.05, 4.69) is 35.9 Å². The molecule has 80 valence electrons. The van der Waals surface area contributed by atoms with E-state index in [0.29, 0.717) is 0 Å². The number of nitrogens with zero attached hydrogens (tertiary/aromatic N) is 1. The van der Waals surface area contributed by atoms with Gasteiger partial charge in [0.25, 0.3) is 0 Å². The summed E-state index contributed by atoms with van der Waals surface area (Å²) in [4.78, 5) is 7.77. The quantitative estimate of drug-likeness (QED) is 0.747. The van der Waals surface area contributed by atoms with Crippen LogP contribution in [0, 0.1) is 13.8 Å². The number of rotatable bonds is 1. The molecular formula is C12H17N3. The Morgan fingerprint density at radius 3 is 2.40 bits per heavy atom. The summed E-state index contributed by atoms with van der Waals surface area (Å²) in [6, 6.07) is 4.21. The number of aryl methyl sites for hydroxylation is 2. The smallest absolute Gasteiger partial charge is 0.126 e. The zero-order valence-electron chi connectivity index (χ0n) is 9.68. The second-order valence-corrected chi connectivity index (χ2v) is 4.76. The molecule has 0 aliphatic heterocycles. The van der Waals surface area contributed by atoms with Crippen molar-refractivity contribution < 1.29 is 0 Å². The van der Waals surface area contributed by atoms with E-state index in [-0.39, 0.29) is 0 Å². The largest absolute Gasteiger partial charge is 0.340 e. The average Bonchev–Trinajstić information content (AvgIpc) is 2.47. The maximum atomic E-state index is 6.00. The van der Waals surface area contributed by atoms with Crippen LogP contribution in [0.25, 0.3) is 11.0 Å². The van der Waals surface area contributed by atoms with Crippen molar-refractivity contribution >= 4 is 11.0 Å². The molecule has 0 aliphatic carbocycles. The Hall–Kier alpha value is -1.35. The predicted molar refractivity (Wildman–Crippen MR) is 62.8 cm³/mol. The van der Waals surface area contributed by atoms with Gasteiger partial charge in [0, 0.05) is 0 Å². The third kappa shape index (κ3) is 1.75. The van der Waals surface area contributed by atoms with E-state index in [1.807, 2.05) is 13.8 Å². The maximum Gasteiger partial charge on any atom is 0.126 e. The fourth-order valence-corrected chi connectivity index (χ4v) is 1.57. The molecule has 0 saturated heterocycles. The Morgan fingerprint density at radius 1 is 1.20 bits per heavy atom. The van der Waals surface area contributed by atoms with E-state index in [9.17, 15) is 0 Å². The second kappa shape index (κ2) is 3.07. The summed E-state index contributed by atoms with van der Waals surface area (Å²) in [5.74, 6) is 0.836. The molecule has 1 heterocycles. The molecule has 1 aromatic carbocycles. The normalized spacial score (nSPS) is 12.3. The van der Waals surface area contributed by atoms with Gasteiger partial charge in [-0.1, -0.05) is 0 Å². The summed E-state index contributed by atoms with van der Waals surface area (Å²) in [5.41, 5.74) is 10.2. The van der Waals surface area contributed by atoms with Crippen molar-refractivity contribution in [1.82, 2.24) is 9.97 Å². The standard InChI is InChI=1S/C12H17N3/c1-7-5-9-10(6-8(7)2)15-11(14-9)12(3,4)13/h5-6H,13H2,1-4H3,(H,14,15). The molecule has 0 amide bonds. The van der Waals surface area contributed by atoms with Crippen molar-refractivity contribution in [3.05, 3.63) is 29.1 Å². The molecule has 0 fully saturated rings. The number of fused-ring (bicyclic) bond motifs is 1. The van der Waals surface area contributed by atoms with Crippen molar-refractivity contribution in [1.29, 1.82) is 0 Å². The Labute approximate surface area is 89.7 Å². The van der Waals surface area contributed by atoms with Crippen LogP contribution in [-0.4, -0.2) is 9.97 Å². The summed E-state index contributed by atoms with van der Waals surface area (Å²) in [6.07, 6.45) is 0. The zero-order valence-corrected chi connectivity index (χ0v) is 9.68. The first kappa shape index (κ1) is 10.2. The van der Waals surface area contributed by atoms with E-state index < -0.39 is 5.54 Å². The SMILES string of the molecule is Cc1cc2nc(C(C)(C)N)[nH]c2cc1C. The van der Waals surface area contributed by atoms with Crippen molar-refractivity contribution in [3.8, 4) is 0 Å². The van der Waals surface area contributed by atoms with E-state index in [0.717, 1.165) is 16.9 Å². The molecule has 0 radical (unpaired) electrons. The number of benzene rings is 1. The molecule has 3 N–H and O–H groups in total. The van der Waals surface area contributed by atoms with Gasteiger partial charge in [-0.2, -0.15) is 0 Å². The van der Waals surface area contributed by atoms with Gasteiger partial charge in [0.15, 0.2) is 0 Å². The van der Waals surface area contributed by atoms with Crippen molar-refractivity contribution in [2.75, 3.05) is 0 Å². The van der Waals surface area contributed by atoms with Gasteiger partial charge in [-0.25, -0.2) is 4.98 Å². The van der Waals surface area contributed by atoms with Crippen LogP contribution in [-0.2, 0) is 5.54 Å². The van der Waals surface area contributed by atoms with Gasteiger partial charge < -0.3 is 10.7 Å². The van der Waals surface area contributed by atoms with Crippen LogP contribution in [0.2, 0.25) is 0 Å². The van der Waals surface area contributed by atoms with Crippen LogP contribution < -0.4 is 5.73 Å². The van der Waals surface area contributed by atoms with Gasteiger partial charge in [-0.3, -0.25) is 0 Å². The minimum Gasteiger partial charge on any atom is -0.340 e. The highest BCUT2D eigenvalue weighted by atomic mass is 15.0. The van der Waals surface area contributed by atoms with Gasteiger partial charge in [0.05, 0.1) is 16.6 Å². The number of H-pyrrole nitrogens is 1. The van der Waals surface area contributed by atoms with E-state index >= 15 is 0 Å². The lowest BCUT2D eigenvalue weighted by Gasteiger charge is -2.13.